The van der Waals surface area contributed by atoms with E-state index >= 15 is 0 Å². The molecule has 0 bridgehead atoms. The smallest absolute Gasteiger partial charge is 0.240 e. The van der Waals surface area contributed by atoms with Crippen molar-refractivity contribution < 1.29 is 8.42 Å². The second-order valence-electron chi connectivity index (χ2n) is 6.69. The number of nitrogens with one attached hydrogen (secondary N) is 2. The Bertz CT molecular complexity index is 1250. The molecule has 0 aliphatic carbocycles. The van der Waals surface area contributed by atoms with Gasteiger partial charge < -0.3 is 5.32 Å². The van der Waals surface area contributed by atoms with Crippen molar-refractivity contribution in [1.82, 2.24) is 14.9 Å². The molecule has 0 saturated heterocycles. The zero-order valence-electron chi connectivity index (χ0n) is 16.7. The number of hydrogen-bond donors (Lipinski definition) is 2. The van der Waals surface area contributed by atoms with E-state index in [-0.39, 0.29) is 16.7 Å². The van der Waals surface area contributed by atoms with Crippen LogP contribution in [0.5, 0.6) is 0 Å². The maximum atomic E-state index is 12.7. The monoisotopic (exact) mass is 502 g/mol. The molecule has 32 heavy (non-hydrogen) atoms. The number of nitrogens with zero attached hydrogens (tertiary/aromatic N) is 2. The fourth-order valence-electron chi connectivity index (χ4n) is 2.85. The molecule has 0 spiro atoms. The van der Waals surface area contributed by atoms with Crippen molar-refractivity contribution >= 4 is 55.5 Å². The molecule has 0 aliphatic rings. The highest BCUT2D eigenvalue weighted by molar-refractivity contribution is 8.01. The molecule has 0 amide bonds. The predicted octanol–water partition coefficient (Wildman–Crippen LogP) is 5.75. The van der Waals surface area contributed by atoms with Crippen molar-refractivity contribution in [2.75, 3.05) is 11.9 Å². The van der Waals surface area contributed by atoms with Gasteiger partial charge in [0.2, 0.25) is 15.2 Å². The van der Waals surface area contributed by atoms with Gasteiger partial charge in [-0.2, -0.15) is 0 Å². The molecule has 4 aromatic rings. The van der Waals surface area contributed by atoms with Crippen molar-refractivity contribution in [2.24, 2.45) is 0 Å². The van der Waals surface area contributed by atoms with Crippen LogP contribution in [0.25, 0.3) is 0 Å². The van der Waals surface area contributed by atoms with Crippen molar-refractivity contribution in [1.29, 1.82) is 0 Å². The molecular formula is C22H19ClN4O2S3. The Morgan fingerprint density at radius 3 is 2.25 bits per heavy atom. The van der Waals surface area contributed by atoms with E-state index in [4.69, 9.17) is 11.6 Å². The number of para-hydroxylation sites is 1. The van der Waals surface area contributed by atoms with Gasteiger partial charge in [0.1, 0.15) is 0 Å². The molecule has 1 unspecified atom stereocenters. The molecule has 0 aliphatic heterocycles. The molecule has 1 heterocycles. The van der Waals surface area contributed by atoms with Gasteiger partial charge in [0, 0.05) is 17.3 Å². The summed E-state index contributed by atoms with van der Waals surface area (Å²) in [5, 5.41) is 12.7. The second kappa shape index (κ2) is 10.5. The number of thioether (sulfide) groups is 1. The zero-order chi connectivity index (χ0) is 22.4. The fourth-order valence-corrected chi connectivity index (χ4v) is 6.20. The maximum absolute atomic E-state index is 12.7. The van der Waals surface area contributed by atoms with Gasteiger partial charge in [-0.05, 0) is 42.0 Å². The number of hydrogen-bond acceptors (Lipinski definition) is 7. The summed E-state index contributed by atoms with van der Waals surface area (Å²) in [7, 11) is -3.67. The van der Waals surface area contributed by atoms with Crippen LogP contribution in [0, 0.1) is 0 Å². The van der Waals surface area contributed by atoms with Crippen LogP contribution in [0.4, 0.5) is 10.8 Å². The third kappa shape index (κ3) is 6.08. The molecule has 0 fully saturated rings. The number of anilines is 2. The highest BCUT2D eigenvalue weighted by Gasteiger charge is 2.21. The second-order valence-corrected chi connectivity index (χ2v) is 11.3. The summed E-state index contributed by atoms with van der Waals surface area (Å²) in [6.45, 7) is 0.195. The van der Waals surface area contributed by atoms with Crippen LogP contribution in [-0.4, -0.2) is 25.2 Å². The first-order valence-corrected chi connectivity index (χ1v) is 13.2. The lowest BCUT2D eigenvalue weighted by Crippen LogP contribution is -2.27. The third-order valence-electron chi connectivity index (χ3n) is 4.43. The minimum absolute atomic E-state index is 0.170. The molecule has 4 rings (SSSR count). The van der Waals surface area contributed by atoms with Gasteiger partial charge in [0.05, 0.1) is 10.1 Å². The fraction of sp³-hybridized carbons (Fsp3) is 0.0909. The number of rotatable bonds is 9. The predicted molar refractivity (Wildman–Crippen MR) is 131 cm³/mol. The van der Waals surface area contributed by atoms with E-state index in [2.05, 4.69) is 20.2 Å². The largest absolute Gasteiger partial charge is 0.330 e. The Hall–Kier alpha value is -2.43. The van der Waals surface area contributed by atoms with E-state index < -0.39 is 10.0 Å². The van der Waals surface area contributed by atoms with Crippen molar-refractivity contribution in [3.05, 3.63) is 95.5 Å². The Kier molecular flexibility index (Phi) is 7.44. The number of halogens is 1. The Labute approximate surface area is 200 Å². The summed E-state index contributed by atoms with van der Waals surface area (Å²) >= 11 is 8.77. The summed E-state index contributed by atoms with van der Waals surface area (Å²) in [6, 6.07) is 25.5. The van der Waals surface area contributed by atoms with Crippen molar-refractivity contribution in [3.63, 3.8) is 0 Å². The van der Waals surface area contributed by atoms with Crippen molar-refractivity contribution in [3.8, 4) is 0 Å². The van der Waals surface area contributed by atoms with Crippen LogP contribution in [0.2, 0.25) is 5.02 Å². The van der Waals surface area contributed by atoms with Crippen LogP contribution in [-0.2, 0) is 10.0 Å². The van der Waals surface area contributed by atoms with Gasteiger partial charge in [-0.3, -0.25) is 0 Å². The lowest BCUT2D eigenvalue weighted by molar-refractivity contribution is 0.581. The number of sulfonamides is 1. The maximum Gasteiger partial charge on any atom is 0.240 e. The van der Waals surface area contributed by atoms with Crippen LogP contribution in [0.15, 0.2) is 94.2 Å². The Morgan fingerprint density at radius 2 is 1.56 bits per heavy atom. The molecule has 2 N–H and O–H groups in total. The highest BCUT2D eigenvalue weighted by atomic mass is 35.5. The van der Waals surface area contributed by atoms with Crippen molar-refractivity contribution in [2.45, 2.75) is 14.5 Å². The average molecular weight is 503 g/mol. The Morgan fingerprint density at radius 1 is 0.906 bits per heavy atom. The summed E-state index contributed by atoms with van der Waals surface area (Å²) in [5.41, 5.74) is 1.92. The molecule has 1 atom stereocenters. The molecule has 0 saturated carbocycles. The van der Waals surface area contributed by atoms with Crippen LogP contribution in [0.3, 0.4) is 0 Å². The van der Waals surface area contributed by atoms with E-state index in [0.29, 0.717) is 10.2 Å². The first-order valence-electron chi connectivity index (χ1n) is 9.62. The highest BCUT2D eigenvalue weighted by Crippen LogP contribution is 2.38. The van der Waals surface area contributed by atoms with E-state index in [1.54, 1.807) is 12.1 Å². The first-order chi connectivity index (χ1) is 15.5. The van der Waals surface area contributed by atoms with Gasteiger partial charge in [-0.15, -0.1) is 10.2 Å². The summed E-state index contributed by atoms with van der Waals surface area (Å²) < 4.78 is 28.9. The van der Waals surface area contributed by atoms with E-state index in [1.807, 2.05) is 60.7 Å². The summed E-state index contributed by atoms with van der Waals surface area (Å²) in [4.78, 5) is 0.170. The van der Waals surface area contributed by atoms with Gasteiger partial charge in [-0.25, -0.2) is 13.1 Å². The minimum Gasteiger partial charge on any atom is -0.330 e. The lowest BCUT2D eigenvalue weighted by Gasteiger charge is -2.16. The summed E-state index contributed by atoms with van der Waals surface area (Å²) in [5.74, 6) is 0. The summed E-state index contributed by atoms with van der Waals surface area (Å²) in [6.07, 6.45) is 0. The van der Waals surface area contributed by atoms with E-state index in [9.17, 15) is 8.42 Å². The normalized spacial score (nSPS) is 12.4. The standard InChI is InChI=1S/C22H19ClN4O2S3/c23-17-11-13-19(14-12-17)32(28,29)24-15-20(16-7-3-1-4-8-16)30-22-27-26-21(31-22)25-18-9-5-2-6-10-18/h1-14,20,24H,15H2,(H,25,26). The van der Waals surface area contributed by atoms with Gasteiger partial charge >= 0.3 is 0 Å². The number of aromatic nitrogens is 2. The molecule has 164 valence electrons. The third-order valence-corrected chi connectivity index (χ3v) is 8.30. The van der Waals surface area contributed by atoms with Gasteiger partial charge in [-0.1, -0.05) is 83.2 Å². The van der Waals surface area contributed by atoms with Crippen LogP contribution in [0.1, 0.15) is 10.8 Å². The van der Waals surface area contributed by atoms with Crippen LogP contribution >= 0.6 is 34.7 Å². The molecule has 6 nitrogen and oxygen atoms in total. The van der Waals surface area contributed by atoms with E-state index in [0.717, 1.165) is 15.6 Å². The van der Waals surface area contributed by atoms with Crippen LogP contribution < -0.4 is 10.0 Å². The molecule has 0 radical (unpaired) electrons. The quantitative estimate of drug-likeness (QED) is 0.284. The molecule has 1 aromatic heterocycles. The first kappa shape index (κ1) is 22.8. The average Bonchev–Trinajstić information content (AvgIpc) is 3.25. The molecule has 3 aromatic carbocycles. The Balaban J connectivity index is 1.49. The number of benzene rings is 3. The van der Waals surface area contributed by atoms with Gasteiger partial charge in [0.25, 0.3) is 0 Å². The lowest BCUT2D eigenvalue weighted by atomic mass is 10.1. The minimum atomic E-state index is -3.67. The molecule has 10 heteroatoms. The van der Waals surface area contributed by atoms with E-state index in [1.165, 1.54) is 35.2 Å². The van der Waals surface area contributed by atoms with Gasteiger partial charge in [0.15, 0.2) is 4.34 Å². The SMILES string of the molecule is O=S(=O)(NCC(Sc1nnc(Nc2ccccc2)s1)c1ccccc1)c1ccc(Cl)cc1. The molecular weight excluding hydrogens is 484 g/mol. The zero-order valence-corrected chi connectivity index (χ0v) is 19.9. The topological polar surface area (TPSA) is 84.0 Å².